The Labute approximate surface area is 110 Å². The van der Waals surface area contributed by atoms with E-state index in [1.54, 1.807) is 6.20 Å². The van der Waals surface area contributed by atoms with E-state index in [0.29, 0.717) is 5.88 Å². The van der Waals surface area contributed by atoms with Crippen LogP contribution < -0.4 is 4.74 Å². The van der Waals surface area contributed by atoms with Gasteiger partial charge in [0, 0.05) is 17.1 Å². The number of aromatic nitrogens is 1. The van der Waals surface area contributed by atoms with Crippen LogP contribution >= 0.6 is 15.9 Å². The van der Waals surface area contributed by atoms with Gasteiger partial charge in [-0.3, -0.25) is 0 Å². The summed E-state index contributed by atoms with van der Waals surface area (Å²) in [5, 5.41) is 0.737. The Balaban J connectivity index is 2.34. The summed E-state index contributed by atoms with van der Waals surface area (Å²) in [7, 11) is 0. The third-order valence-electron chi connectivity index (χ3n) is 2.54. The van der Waals surface area contributed by atoms with Crippen molar-refractivity contribution in [2.24, 2.45) is 0 Å². The number of hydrogen-bond acceptors (Lipinski definition) is 2. The maximum atomic E-state index is 5.87. The van der Waals surface area contributed by atoms with Crippen molar-refractivity contribution in [1.82, 2.24) is 4.98 Å². The molecule has 0 fully saturated rings. The lowest BCUT2D eigenvalue weighted by molar-refractivity contribution is 0.455. The van der Waals surface area contributed by atoms with Crippen molar-refractivity contribution in [2.45, 2.75) is 19.2 Å². The molecule has 1 heterocycles. The molecule has 0 amide bonds. The van der Waals surface area contributed by atoms with Gasteiger partial charge < -0.3 is 4.74 Å². The fraction of sp³-hybridized carbons (Fsp3) is 0.214. The Morgan fingerprint density at radius 1 is 1.24 bits per heavy atom. The molecule has 2 nitrogen and oxygen atoms in total. The molecule has 0 spiro atoms. The van der Waals surface area contributed by atoms with Crippen LogP contribution in [0.4, 0.5) is 0 Å². The molecule has 0 atom stereocenters. The zero-order valence-corrected chi connectivity index (χ0v) is 11.5. The second-order valence-corrected chi connectivity index (χ2v) is 4.53. The maximum Gasteiger partial charge on any atom is 0.223 e. The lowest BCUT2D eigenvalue weighted by Crippen LogP contribution is -1.94. The molecule has 0 unspecified atom stereocenters. The van der Waals surface area contributed by atoms with Crippen molar-refractivity contribution in [3.63, 3.8) is 0 Å². The van der Waals surface area contributed by atoms with Crippen LogP contribution in [-0.4, -0.2) is 4.98 Å². The number of nitrogens with zero attached hydrogens (tertiary/aromatic N) is 1. The molecule has 2 rings (SSSR count). The second kappa shape index (κ2) is 5.32. The van der Waals surface area contributed by atoms with Crippen LogP contribution in [0, 0.1) is 13.8 Å². The third kappa shape index (κ3) is 2.86. The zero-order chi connectivity index (χ0) is 12.3. The average molecular weight is 292 g/mol. The number of hydrogen-bond donors (Lipinski definition) is 0. The van der Waals surface area contributed by atoms with Crippen LogP contribution in [0.25, 0.3) is 0 Å². The summed E-state index contributed by atoms with van der Waals surface area (Å²) >= 11 is 3.43. The predicted molar refractivity (Wildman–Crippen MR) is 72.9 cm³/mol. The number of ether oxygens (including phenoxy) is 1. The summed E-state index contributed by atoms with van der Waals surface area (Å²) in [6.45, 7) is 4.08. The number of pyridine rings is 1. The van der Waals surface area contributed by atoms with E-state index in [4.69, 9.17) is 4.74 Å². The van der Waals surface area contributed by atoms with E-state index in [2.05, 4.69) is 40.0 Å². The Morgan fingerprint density at radius 2 is 2.06 bits per heavy atom. The Kier molecular flexibility index (Phi) is 3.79. The highest BCUT2D eigenvalue weighted by molar-refractivity contribution is 9.08. The fourth-order valence-electron chi connectivity index (χ4n) is 1.54. The molecule has 0 aliphatic heterocycles. The van der Waals surface area contributed by atoms with E-state index in [9.17, 15) is 0 Å². The summed E-state index contributed by atoms with van der Waals surface area (Å²) in [5.41, 5.74) is 3.34. The standard InChI is InChI=1S/C14H14BrNO/c1-10-5-6-11(2)13(8-10)17-14-12(9-15)4-3-7-16-14/h3-8H,9H2,1-2H3. The molecule has 17 heavy (non-hydrogen) atoms. The molecule has 0 bridgehead atoms. The van der Waals surface area contributed by atoms with Gasteiger partial charge in [-0.2, -0.15) is 0 Å². The van der Waals surface area contributed by atoms with Crippen molar-refractivity contribution >= 4 is 15.9 Å². The third-order valence-corrected chi connectivity index (χ3v) is 3.15. The number of alkyl halides is 1. The quantitative estimate of drug-likeness (QED) is 0.783. The summed E-state index contributed by atoms with van der Waals surface area (Å²) in [4.78, 5) is 4.26. The van der Waals surface area contributed by atoms with E-state index in [-0.39, 0.29) is 0 Å². The molecular weight excluding hydrogens is 278 g/mol. The van der Waals surface area contributed by atoms with Crippen molar-refractivity contribution < 1.29 is 4.74 Å². The normalized spacial score (nSPS) is 10.3. The first-order valence-electron chi connectivity index (χ1n) is 5.45. The minimum Gasteiger partial charge on any atom is -0.438 e. The van der Waals surface area contributed by atoms with Crippen LogP contribution in [0.15, 0.2) is 36.5 Å². The summed E-state index contributed by atoms with van der Waals surface area (Å²) in [6, 6.07) is 10.1. The van der Waals surface area contributed by atoms with Crippen molar-refractivity contribution in [3.8, 4) is 11.6 Å². The molecule has 0 N–H and O–H groups in total. The topological polar surface area (TPSA) is 22.1 Å². The maximum absolute atomic E-state index is 5.87. The van der Waals surface area contributed by atoms with Crippen molar-refractivity contribution in [1.29, 1.82) is 0 Å². The first-order chi connectivity index (χ1) is 8.20. The van der Waals surface area contributed by atoms with E-state index in [1.165, 1.54) is 5.56 Å². The highest BCUT2D eigenvalue weighted by Crippen LogP contribution is 2.27. The van der Waals surface area contributed by atoms with Gasteiger partial charge in [-0.15, -0.1) is 0 Å². The minimum absolute atomic E-state index is 0.665. The lowest BCUT2D eigenvalue weighted by atomic mass is 10.1. The Bertz CT molecular complexity index is 525. The number of halogens is 1. The highest BCUT2D eigenvalue weighted by Gasteiger charge is 2.06. The second-order valence-electron chi connectivity index (χ2n) is 3.97. The van der Waals surface area contributed by atoms with Crippen molar-refractivity contribution in [3.05, 3.63) is 53.2 Å². The van der Waals surface area contributed by atoms with Crippen LogP contribution in [0.5, 0.6) is 11.6 Å². The lowest BCUT2D eigenvalue weighted by Gasteiger charge is -2.10. The molecule has 1 aromatic carbocycles. The molecule has 0 radical (unpaired) electrons. The van der Waals surface area contributed by atoms with Gasteiger partial charge in [0.2, 0.25) is 5.88 Å². The molecule has 0 aliphatic carbocycles. The SMILES string of the molecule is Cc1ccc(C)c(Oc2ncccc2CBr)c1. The number of benzene rings is 1. The molecule has 1 aromatic heterocycles. The summed E-state index contributed by atoms with van der Waals surface area (Å²) < 4.78 is 5.87. The summed E-state index contributed by atoms with van der Waals surface area (Å²) in [5.74, 6) is 1.53. The van der Waals surface area contributed by atoms with Crippen LogP contribution in [-0.2, 0) is 5.33 Å². The van der Waals surface area contributed by atoms with Gasteiger partial charge in [-0.05, 0) is 37.1 Å². The molecule has 0 aliphatic rings. The van der Waals surface area contributed by atoms with Gasteiger partial charge in [0.1, 0.15) is 5.75 Å². The predicted octanol–water partition coefficient (Wildman–Crippen LogP) is 4.39. The smallest absolute Gasteiger partial charge is 0.223 e. The first kappa shape index (κ1) is 12.1. The monoisotopic (exact) mass is 291 g/mol. The van der Waals surface area contributed by atoms with E-state index >= 15 is 0 Å². The Hall–Kier alpha value is -1.35. The first-order valence-corrected chi connectivity index (χ1v) is 6.58. The van der Waals surface area contributed by atoms with Gasteiger partial charge in [-0.1, -0.05) is 34.1 Å². The zero-order valence-electron chi connectivity index (χ0n) is 9.90. The Morgan fingerprint density at radius 3 is 2.82 bits per heavy atom. The van der Waals surface area contributed by atoms with Crippen LogP contribution in [0.3, 0.4) is 0 Å². The average Bonchev–Trinajstić information content (AvgIpc) is 2.34. The fourth-order valence-corrected chi connectivity index (χ4v) is 1.97. The van der Waals surface area contributed by atoms with Crippen LogP contribution in [0.2, 0.25) is 0 Å². The van der Waals surface area contributed by atoms with Gasteiger partial charge >= 0.3 is 0 Å². The molecule has 0 saturated carbocycles. The van der Waals surface area contributed by atoms with Gasteiger partial charge in [0.05, 0.1) is 0 Å². The van der Waals surface area contributed by atoms with Crippen molar-refractivity contribution in [2.75, 3.05) is 0 Å². The van der Waals surface area contributed by atoms with Gasteiger partial charge in [0.25, 0.3) is 0 Å². The van der Waals surface area contributed by atoms with Crippen LogP contribution in [0.1, 0.15) is 16.7 Å². The van der Waals surface area contributed by atoms with Gasteiger partial charge in [0.15, 0.2) is 0 Å². The highest BCUT2D eigenvalue weighted by atomic mass is 79.9. The number of rotatable bonds is 3. The largest absolute Gasteiger partial charge is 0.438 e. The molecule has 3 heteroatoms. The summed E-state index contributed by atoms with van der Waals surface area (Å²) in [6.07, 6.45) is 1.74. The van der Waals surface area contributed by atoms with E-state index in [1.807, 2.05) is 25.1 Å². The molecule has 0 saturated heterocycles. The number of aryl methyl sites for hydroxylation is 2. The van der Waals surface area contributed by atoms with E-state index in [0.717, 1.165) is 22.2 Å². The minimum atomic E-state index is 0.665. The molecule has 88 valence electrons. The van der Waals surface area contributed by atoms with E-state index < -0.39 is 0 Å². The molecular formula is C14H14BrNO. The molecule has 2 aromatic rings. The van der Waals surface area contributed by atoms with Gasteiger partial charge in [-0.25, -0.2) is 4.98 Å².